The van der Waals surface area contributed by atoms with E-state index in [1.54, 1.807) is 0 Å². The molecule has 3 rings (SSSR count). The van der Waals surface area contributed by atoms with Gasteiger partial charge < -0.3 is 24.6 Å². The van der Waals surface area contributed by atoms with Gasteiger partial charge in [-0.2, -0.15) is 0 Å². The van der Waals surface area contributed by atoms with Crippen molar-refractivity contribution in [3.63, 3.8) is 0 Å². The fourth-order valence-corrected chi connectivity index (χ4v) is 3.55. The second-order valence-corrected chi connectivity index (χ2v) is 7.53. The van der Waals surface area contributed by atoms with Crippen LogP contribution < -0.4 is 19.7 Å². The molecule has 6 nitrogen and oxygen atoms in total. The lowest BCUT2D eigenvalue weighted by atomic mass is 10.1. The molecule has 2 aromatic carbocycles. The molecule has 1 N–H and O–H groups in total. The molecule has 6 heteroatoms. The summed E-state index contributed by atoms with van der Waals surface area (Å²) in [5, 5.41) is 3.00. The van der Waals surface area contributed by atoms with E-state index in [0.29, 0.717) is 26.1 Å². The Morgan fingerprint density at radius 2 is 1.60 bits per heavy atom. The van der Waals surface area contributed by atoms with Gasteiger partial charge in [-0.25, -0.2) is 0 Å². The topological polar surface area (TPSA) is 54.0 Å². The standard InChI is InChI=1S/C24H33N3O3/c1-4-29-22-12-6-19(18-23(22)30-5-2)7-13-24(28)25-20-8-10-21(11-9-20)27-16-14-26(3)15-17-27/h6,8-12,18H,4-5,7,13-17H2,1-3H3,(H,25,28). The highest BCUT2D eigenvalue weighted by Crippen LogP contribution is 2.29. The summed E-state index contributed by atoms with van der Waals surface area (Å²) in [6, 6.07) is 14.0. The van der Waals surface area contributed by atoms with E-state index >= 15 is 0 Å². The first-order valence-corrected chi connectivity index (χ1v) is 10.8. The lowest BCUT2D eigenvalue weighted by Gasteiger charge is -2.34. The lowest BCUT2D eigenvalue weighted by Crippen LogP contribution is -2.44. The van der Waals surface area contributed by atoms with Crippen LogP contribution in [0.5, 0.6) is 11.5 Å². The smallest absolute Gasteiger partial charge is 0.224 e. The molecular formula is C24H33N3O3. The molecule has 1 saturated heterocycles. The Morgan fingerprint density at radius 3 is 2.27 bits per heavy atom. The summed E-state index contributed by atoms with van der Waals surface area (Å²) in [4.78, 5) is 17.1. The summed E-state index contributed by atoms with van der Waals surface area (Å²) in [7, 11) is 2.15. The highest BCUT2D eigenvalue weighted by atomic mass is 16.5. The van der Waals surface area contributed by atoms with Crippen molar-refractivity contribution in [2.45, 2.75) is 26.7 Å². The number of rotatable bonds is 9. The third-order valence-corrected chi connectivity index (χ3v) is 5.27. The summed E-state index contributed by atoms with van der Waals surface area (Å²) in [5.74, 6) is 1.49. The number of likely N-dealkylation sites (N-methyl/N-ethyl adjacent to an activating group) is 1. The van der Waals surface area contributed by atoms with Crippen LogP contribution in [0.25, 0.3) is 0 Å². The molecule has 0 bridgehead atoms. The number of benzene rings is 2. The molecular weight excluding hydrogens is 378 g/mol. The molecule has 30 heavy (non-hydrogen) atoms. The number of nitrogens with zero attached hydrogens (tertiary/aromatic N) is 2. The van der Waals surface area contributed by atoms with Crippen molar-refractivity contribution in [1.82, 2.24) is 4.90 Å². The van der Waals surface area contributed by atoms with E-state index in [9.17, 15) is 4.79 Å². The Bertz CT molecular complexity index is 815. The number of piperazine rings is 1. The molecule has 0 radical (unpaired) electrons. The number of nitrogens with one attached hydrogen (secondary N) is 1. The monoisotopic (exact) mass is 411 g/mol. The molecule has 1 aliphatic heterocycles. The zero-order valence-electron chi connectivity index (χ0n) is 18.3. The van der Waals surface area contributed by atoms with E-state index in [1.807, 2.05) is 44.2 Å². The molecule has 1 heterocycles. The van der Waals surface area contributed by atoms with Crippen LogP contribution in [0.2, 0.25) is 0 Å². The molecule has 1 aliphatic rings. The quantitative estimate of drug-likeness (QED) is 0.680. The normalized spacial score (nSPS) is 14.4. The summed E-state index contributed by atoms with van der Waals surface area (Å²) in [6.45, 7) is 9.30. The molecule has 0 saturated carbocycles. The minimum atomic E-state index is 0.00851. The summed E-state index contributed by atoms with van der Waals surface area (Å²) < 4.78 is 11.3. The first kappa shape index (κ1) is 22.0. The molecule has 0 spiro atoms. The zero-order chi connectivity index (χ0) is 21.3. The van der Waals surface area contributed by atoms with E-state index < -0.39 is 0 Å². The van der Waals surface area contributed by atoms with Crippen LogP contribution in [0.1, 0.15) is 25.8 Å². The number of ether oxygens (including phenoxy) is 2. The number of aryl methyl sites for hydroxylation is 1. The van der Waals surface area contributed by atoms with Crippen molar-refractivity contribution >= 4 is 17.3 Å². The van der Waals surface area contributed by atoms with Crippen molar-refractivity contribution in [1.29, 1.82) is 0 Å². The summed E-state index contributed by atoms with van der Waals surface area (Å²) in [5.41, 5.74) is 3.10. The maximum atomic E-state index is 12.4. The first-order valence-electron chi connectivity index (χ1n) is 10.8. The van der Waals surface area contributed by atoms with E-state index in [-0.39, 0.29) is 5.91 Å². The van der Waals surface area contributed by atoms with Crippen molar-refractivity contribution < 1.29 is 14.3 Å². The average molecular weight is 412 g/mol. The van der Waals surface area contributed by atoms with Gasteiger partial charge in [0.1, 0.15) is 0 Å². The van der Waals surface area contributed by atoms with Gasteiger partial charge in [-0.1, -0.05) is 6.07 Å². The fraction of sp³-hybridized carbons (Fsp3) is 0.458. The molecule has 1 fully saturated rings. The molecule has 0 unspecified atom stereocenters. The van der Waals surface area contributed by atoms with E-state index in [2.05, 4.69) is 34.3 Å². The van der Waals surface area contributed by atoms with E-state index in [1.165, 1.54) is 5.69 Å². The molecule has 162 valence electrons. The van der Waals surface area contributed by atoms with Crippen molar-refractivity contribution in [2.75, 3.05) is 56.7 Å². The van der Waals surface area contributed by atoms with Crippen molar-refractivity contribution in [3.8, 4) is 11.5 Å². The van der Waals surface area contributed by atoms with Gasteiger partial charge in [0.2, 0.25) is 5.91 Å². The molecule has 0 aliphatic carbocycles. The molecule has 0 aromatic heterocycles. The van der Waals surface area contributed by atoms with Gasteiger partial charge in [0.05, 0.1) is 13.2 Å². The maximum absolute atomic E-state index is 12.4. The van der Waals surface area contributed by atoms with Crippen LogP contribution in [-0.4, -0.2) is 57.2 Å². The molecule has 1 amide bonds. The fourth-order valence-electron chi connectivity index (χ4n) is 3.55. The van der Waals surface area contributed by atoms with E-state index in [0.717, 1.165) is 48.9 Å². The zero-order valence-corrected chi connectivity index (χ0v) is 18.3. The number of hydrogen-bond donors (Lipinski definition) is 1. The minimum Gasteiger partial charge on any atom is -0.490 e. The third-order valence-electron chi connectivity index (χ3n) is 5.27. The highest BCUT2D eigenvalue weighted by molar-refractivity contribution is 5.91. The van der Waals surface area contributed by atoms with Crippen LogP contribution in [-0.2, 0) is 11.2 Å². The van der Waals surface area contributed by atoms with Gasteiger partial charge in [-0.3, -0.25) is 4.79 Å². The SMILES string of the molecule is CCOc1ccc(CCC(=O)Nc2ccc(N3CCN(C)CC3)cc2)cc1OCC. The number of hydrogen-bond acceptors (Lipinski definition) is 5. The van der Waals surface area contributed by atoms with Gasteiger partial charge in [0.25, 0.3) is 0 Å². The van der Waals surface area contributed by atoms with Crippen molar-refractivity contribution in [3.05, 3.63) is 48.0 Å². The number of amides is 1. The number of carbonyl (C=O) groups excluding carboxylic acids is 1. The van der Waals surface area contributed by atoms with Gasteiger partial charge in [0.15, 0.2) is 11.5 Å². The predicted molar refractivity (Wildman–Crippen MR) is 122 cm³/mol. The molecule has 2 aromatic rings. The third kappa shape index (κ3) is 6.13. The lowest BCUT2D eigenvalue weighted by molar-refractivity contribution is -0.116. The Balaban J connectivity index is 1.51. The van der Waals surface area contributed by atoms with Gasteiger partial charge in [0, 0.05) is 44.0 Å². The van der Waals surface area contributed by atoms with Gasteiger partial charge in [-0.15, -0.1) is 0 Å². The predicted octanol–water partition coefficient (Wildman–Crippen LogP) is 3.81. The average Bonchev–Trinajstić information content (AvgIpc) is 2.75. The van der Waals surface area contributed by atoms with Crippen LogP contribution in [0.3, 0.4) is 0 Å². The van der Waals surface area contributed by atoms with Crippen LogP contribution in [0.15, 0.2) is 42.5 Å². The van der Waals surface area contributed by atoms with E-state index in [4.69, 9.17) is 9.47 Å². The van der Waals surface area contributed by atoms with Crippen LogP contribution >= 0.6 is 0 Å². The Labute approximate surface area is 179 Å². The van der Waals surface area contributed by atoms with Gasteiger partial charge >= 0.3 is 0 Å². The van der Waals surface area contributed by atoms with Crippen LogP contribution in [0, 0.1) is 0 Å². The second kappa shape index (κ2) is 10.9. The van der Waals surface area contributed by atoms with Gasteiger partial charge in [-0.05, 0) is 69.3 Å². The number of carbonyl (C=O) groups is 1. The second-order valence-electron chi connectivity index (χ2n) is 7.53. The minimum absolute atomic E-state index is 0.00851. The first-order chi connectivity index (χ1) is 14.6. The Morgan fingerprint density at radius 1 is 0.933 bits per heavy atom. The largest absolute Gasteiger partial charge is 0.490 e. The molecule has 0 atom stereocenters. The number of anilines is 2. The maximum Gasteiger partial charge on any atom is 0.224 e. The Kier molecular flexibility index (Phi) is 7.97. The van der Waals surface area contributed by atoms with Crippen molar-refractivity contribution in [2.24, 2.45) is 0 Å². The van der Waals surface area contributed by atoms with Crippen LogP contribution in [0.4, 0.5) is 11.4 Å². The summed E-state index contributed by atoms with van der Waals surface area (Å²) >= 11 is 0. The summed E-state index contributed by atoms with van der Waals surface area (Å²) in [6.07, 6.45) is 1.07. The Hall–Kier alpha value is -2.73. The highest BCUT2D eigenvalue weighted by Gasteiger charge is 2.14.